The molecule has 2 aliphatic heterocycles. The van der Waals surface area contributed by atoms with Crippen molar-refractivity contribution in [2.24, 2.45) is 4.99 Å². The minimum Gasteiger partial charge on any atom is -0.457 e. The molecule has 1 aromatic heterocycles. The lowest BCUT2D eigenvalue weighted by Gasteiger charge is -2.36. The minimum absolute atomic E-state index is 0.0828. The largest absolute Gasteiger partial charge is 0.457 e. The van der Waals surface area contributed by atoms with Crippen molar-refractivity contribution in [2.75, 3.05) is 31.1 Å². The molecule has 0 atom stereocenters. The van der Waals surface area contributed by atoms with Gasteiger partial charge in [0.2, 0.25) is 0 Å². The lowest BCUT2D eigenvalue weighted by Crippen LogP contribution is -2.47. The van der Waals surface area contributed by atoms with Gasteiger partial charge in [-0.15, -0.1) is 0 Å². The summed E-state index contributed by atoms with van der Waals surface area (Å²) in [6.07, 6.45) is 1.74. The van der Waals surface area contributed by atoms with Crippen LogP contribution in [0.2, 0.25) is 0 Å². The third-order valence-corrected chi connectivity index (χ3v) is 6.87. The van der Waals surface area contributed by atoms with E-state index in [1.807, 2.05) is 43.3 Å². The van der Waals surface area contributed by atoms with Crippen LogP contribution < -0.4 is 4.90 Å². The SMILES string of the molecule is Cc1ccc(-c2ccc(C=C3SC(N4CCN(c5ccc([N+](=O)[O-])cc5)CC4)=NC3=O)o2)cc1. The number of aryl methyl sites for hydroxylation is 1. The van der Waals surface area contributed by atoms with Gasteiger partial charge in [-0.25, -0.2) is 0 Å². The molecule has 9 heteroatoms. The van der Waals surface area contributed by atoms with E-state index in [2.05, 4.69) is 14.8 Å². The topological polar surface area (TPSA) is 92.2 Å². The van der Waals surface area contributed by atoms with Crippen LogP contribution in [0.15, 0.2) is 75.0 Å². The number of carbonyl (C=O) groups excluding carboxylic acids is 1. The molecule has 172 valence electrons. The average Bonchev–Trinajstić information content (AvgIpc) is 3.47. The van der Waals surface area contributed by atoms with Crippen molar-refractivity contribution in [1.82, 2.24) is 4.90 Å². The summed E-state index contributed by atoms with van der Waals surface area (Å²) in [5, 5.41) is 11.6. The molecule has 0 saturated carbocycles. The van der Waals surface area contributed by atoms with Crippen LogP contribution >= 0.6 is 11.8 Å². The number of thioether (sulfide) groups is 1. The van der Waals surface area contributed by atoms with Gasteiger partial charge in [-0.2, -0.15) is 4.99 Å². The second kappa shape index (κ2) is 9.18. The van der Waals surface area contributed by atoms with Crippen LogP contribution in [0.4, 0.5) is 11.4 Å². The Hall–Kier alpha value is -3.85. The Morgan fingerprint density at radius 3 is 2.32 bits per heavy atom. The van der Waals surface area contributed by atoms with Gasteiger partial charge in [-0.3, -0.25) is 14.9 Å². The van der Waals surface area contributed by atoms with Crippen molar-refractivity contribution in [3.63, 3.8) is 0 Å². The van der Waals surface area contributed by atoms with Crippen molar-refractivity contribution in [3.8, 4) is 11.3 Å². The summed E-state index contributed by atoms with van der Waals surface area (Å²) < 4.78 is 5.93. The summed E-state index contributed by atoms with van der Waals surface area (Å²) in [4.78, 5) is 32.0. The quantitative estimate of drug-likeness (QED) is 0.300. The van der Waals surface area contributed by atoms with Crippen LogP contribution in [0.1, 0.15) is 11.3 Å². The Kier molecular flexibility index (Phi) is 5.93. The number of amides is 1. The summed E-state index contributed by atoms with van der Waals surface area (Å²) in [7, 11) is 0. The molecule has 8 nitrogen and oxygen atoms in total. The van der Waals surface area contributed by atoms with E-state index in [0.29, 0.717) is 28.9 Å². The second-order valence-electron chi connectivity index (χ2n) is 8.13. The second-order valence-corrected chi connectivity index (χ2v) is 9.13. The third kappa shape index (κ3) is 4.60. The highest BCUT2D eigenvalue weighted by atomic mass is 32.2. The predicted molar refractivity (Wildman–Crippen MR) is 134 cm³/mol. The van der Waals surface area contributed by atoms with Crippen LogP contribution in [0.25, 0.3) is 17.4 Å². The summed E-state index contributed by atoms with van der Waals surface area (Å²) >= 11 is 1.36. The summed E-state index contributed by atoms with van der Waals surface area (Å²) in [6, 6.07) is 18.4. The predicted octanol–water partition coefficient (Wildman–Crippen LogP) is 4.96. The van der Waals surface area contributed by atoms with Gasteiger partial charge in [0.05, 0.1) is 9.83 Å². The fourth-order valence-corrected chi connectivity index (χ4v) is 4.85. The molecule has 5 rings (SSSR count). The van der Waals surface area contributed by atoms with Crippen molar-refractivity contribution in [3.05, 3.63) is 87.0 Å². The molecule has 0 radical (unpaired) electrons. The zero-order chi connectivity index (χ0) is 23.7. The number of furan rings is 1. The molecule has 1 amide bonds. The van der Waals surface area contributed by atoms with Crippen molar-refractivity contribution in [1.29, 1.82) is 0 Å². The molecule has 0 bridgehead atoms. The van der Waals surface area contributed by atoms with E-state index in [1.54, 1.807) is 18.2 Å². The van der Waals surface area contributed by atoms with E-state index in [9.17, 15) is 14.9 Å². The van der Waals surface area contributed by atoms with Gasteiger partial charge in [-0.05, 0) is 43.0 Å². The average molecular weight is 475 g/mol. The van der Waals surface area contributed by atoms with Crippen LogP contribution in [0, 0.1) is 17.0 Å². The molecule has 0 aliphatic carbocycles. The first-order chi connectivity index (χ1) is 16.5. The summed E-state index contributed by atoms with van der Waals surface area (Å²) in [5.74, 6) is 1.11. The van der Waals surface area contributed by atoms with E-state index >= 15 is 0 Å². The molecule has 1 fully saturated rings. The first-order valence-electron chi connectivity index (χ1n) is 10.9. The number of non-ortho nitro benzene ring substituents is 1. The Bertz CT molecular complexity index is 1290. The summed E-state index contributed by atoms with van der Waals surface area (Å²) in [5.41, 5.74) is 3.21. The highest BCUT2D eigenvalue weighted by Gasteiger charge is 2.29. The van der Waals surface area contributed by atoms with E-state index in [-0.39, 0.29) is 11.6 Å². The molecule has 2 aliphatic rings. The number of amidine groups is 1. The molecular formula is C25H22N4O4S. The van der Waals surface area contributed by atoms with Gasteiger partial charge < -0.3 is 14.2 Å². The van der Waals surface area contributed by atoms with Crippen molar-refractivity contribution >= 4 is 40.3 Å². The third-order valence-electron chi connectivity index (χ3n) is 5.82. The fraction of sp³-hybridized carbons (Fsp3) is 0.200. The highest BCUT2D eigenvalue weighted by Crippen LogP contribution is 2.32. The fourth-order valence-electron chi connectivity index (χ4n) is 3.91. The number of nitro groups is 1. The lowest BCUT2D eigenvalue weighted by atomic mass is 10.1. The zero-order valence-electron chi connectivity index (χ0n) is 18.5. The molecular weight excluding hydrogens is 452 g/mol. The smallest absolute Gasteiger partial charge is 0.286 e. The number of hydrogen-bond donors (Lipinski definition) is 0. The Morgan fingerprint density at radius 1 is 0.971 bits per heavy atom. The number of rotatable bonds is 4. The Balaban J connectivity index is 1.21. The number of benzene rings is 2. The summed E-state index contributed by atoms with van der Waals surface area (Å²) in [6.45, 7) is 4.94. The molecule has 0 unspecified atom stereocenters. The minimum atomic E-state index is -0.397. The van der Waals surface area contributed by atoms with Gasteiger partial charge >= 0.3 is 0 Å². The molecule has 0 N–H and O–H groups in total. The number of carbonyl (C=O) groups is 1. The van der Waals surface area contributed by atoms with Crippen LogP contribution in [0.5, 0.6) is 0 Å². The standard InChI is InChI=1S/C25H22N4O4S/c1-17-2-4-18(5-3-17)22-11-10-21(33-22)16-23-24(30)26-25(34-23)28-14-12-27(13-15-28)19-6-8-20(9-7-19)29(31)32/h2-11,16H,12-15H2,1H3. The van der Waals surface area contributed by atoms with Crippen molar-refractivity contribution in [2.45, 2.75) is 6.92 Å². The number of anilines is 1. The number of nitrogens with zero attached hydrogens (tertiary/aromatic N) is 4. The van der Waals surface area contributed by atoms with Gasteiger partial charge in [0.1, 0.15) is 11.5 Å². The maximum absolute atomic E-state index is 12.5. The maximum atomic E-state index is 12.5. The van der Waals surface area contributed by atoms with Gasteiger partial charge in [0.15, 0.2) is 5.17 Å². The number of hydrogen-bond acceptors (Lipinski definition) is 7. The van der Waals surface area contributed by atoms with Crippen LogP contribution in [0.3, 0.4) is 0 Å². The number of aliphatic imine (C=N–C) groups is 1. The first-order valence-corrected chi connectivity index (χ1v) is 11.7. The van der Waals surface area contributed by atoms with E-state index in [0.717, 1.165) is 30.1 Å². The first kappa shape index (κ1) is 22.0. The van der Waals surface area contributed by atoms with E-state index in [1.165, 1.54) is 29.5 Å². The highest BCUT2D eigenvalue weighted by molar-refractivity contribution is 8.18. The maximum Gasteiger partial charge on any atom is 0.286 e. The van der Waals surface area contributed by atoms with Gasteiger partial charge in [0, 0.05) is 55.6 Å². The van der Waals surface area contributed by atoms with E-state index in [4.69, 9.17) is 4.42 Å². The monoisotopic (exact) mass is 474 g/mol. The Morgan fingerprint density at radius 2 is 1.65 bits per heavy atom. The molecule has 0 spiro atoms. The molecule has 3 aromatic rings. The van der Waals surface area contributed by atoms with Crippen LogP contribution in [-0.2, 0) is 4.79 Å². The normalized spacial score (nSPS) is 17.4. The van der Waals surface area contributed by atoms with Crippen molar-refractivity contribution < 1.29 is 14.1 Å². The van der Waals surface area contributed by atoms with Gasteiger partial charge in [0.25, 0.3) is 11.6 Å². The van der Waals surface area contributed by atoms with Gasteiger partial charge in [-0.1, -0.05) is 29.8 Å². The molecule has 1 saturated heterocycles. The van der Waals surface area contributed by atoms with Crippen LogP contribution in [-0.4, -0.2) is 47.1 Å². The lowest BCUT2D eigenvalue weighted by molar-refractivity contribution is -0.384. The molecule has 2 aromatic carbocycles. The molecule has 34 heavy (non-hydrogen) atoms. The number of piperazine rings is 1. The zero-order valence-corrected chi connectivity index (χ0v) is 19.3. The molecule has 3 heterocycles. The number of nitro benzene ring substituents is 1. The Labute approximate surface area is 200 Å². The van der Waals surface area contributed by atoms with E-state index < -0.39 is 4.92 Å².